The van der Waals surface area contributed by atoms with Gasteiger partial charge in [0, 0.05) is 18.1 Å². The maximum Gasteiger partial charge on any atom is 0.252 e. The maximum atomic E-state index is 12.3. The Morgan fingerprint density at radius 3 is 2.79 bits per heavy atom. The van der Waals surface area contributed by atoms with E-state index in [2.05, 4.69) is 38.9 Å². The Morgan fingerprint density at radius 2 is 2.04 bits per heavy atom. The molecule has 1 amide bonds. The van der Waals surface area contributed by atoms with Crippen molar-refractivity contribution in [1.29, 1.82) is 0 Å². The molecular formula is C19H19N3OS. The number of benzene rings is 1. The number of aromatic nitrogens is 2. The average Bonchev–Trinajstić information content (AvgIpc) is 3.18. The minimum atomic E-state index is -0.0505. The summed E-state index contributed by atoms with van der Waals surface area (Å²) in [5.41, 5.74) is 4.47. The van der Waals surface area contributed by atoms with Crippen molar-refractivity contribution in [1.82, 2.24) is 14.7 Å². The molecule has 24 heavy (non-hydrogen) atoms. The SMILES string of the molecule is Cc1nsc2ncc(C(=O)NCCC3Cc4ccccc4C3)cc12. The molecule has 4 rings (SSSR count). The monoisotopic (exact) mass is 337 g/mol. The van der Waals surface area contributed by atoms with Crippen LogP contribution < -0.4 is 5.32 Å². The standard InChI is InChI=1S/C19H19N3OS/c1-12-17-10-16(11-21-19(17)24-22-12)18(23)20-7-6-13-8-14-4-2-3-5-15(14)9-13/h2-5,10-11,13H,6-9H2,1H3,(H,20,23). The van der Waals surface area contributed by atoms with Crippen molar-refractivity contribution in [2.45, 2.75) is 26.2 Å². The largest absolute Gasteiger partial charge is 0.352 e. The number of carbonyl (C=O) groups excluding carboxylic acids is 1. The van der Waals surface area contributed by atoms with Crippen LogP contribution in [0.4, 0.5) is 0 Å². The summed E-state index contributed by atoms with van der Waals surface area (Å²) in [6.45, 7) is 2.65. The third-order valence-corrected chi connectivity index (χ3v) is 5.61. The van der Waals surface area contributed by atoms with E-state index in [-0.39, 0.29) is 5.91 Å². The average molecular weight is 337 g/mol. The van der Waals surface area contributed by atoms with Crippen molar-refractivity contribution >= 4 is 27.7 Å². The van der Waals surface area contributed by atoms with Crippen LogP contribution in [0.5, 0.6) is 0 Å². The molecule has 0 spiro atoms. The van der Waals surface area contributed by atoms with Crippen molar-refractivity contribution in [3.8, 4) is 0 Å². The van der Waals surface area contributed by atoms with Gasteiger partial charge in [-0.25, -0.2) is 4.98 Å². The van der Waals surface area contributed by atoms with Crippen LogP contribution in [0.1, 0.15) is 33.6 Å². The van der Waals surface area contributed by atoms with Gasteiger partial charge in [-0.3, -0.25) is 4.79 Å². The van der Waals surface area contributed by atoms with E-state index in [1.54, 1.807) is 6.20 Å². The predicted octanol–water partition coefficient (Wildman–Crippen LogP) is 3.53. The third-order valence-electron chi connectivity index (χ3n) is 4.75. The number of rotatable bonds is 4. The lowest BCUT2D eigenvalue weighted by molar-refractivity contribution is 0.0951. The van der Waals surface area contributed by atoms with Gasteiger partial charge in [0.1, 0.15) is 4.83 Å². The molecular weight excluding hydrogens is 318 g/mol. The number of nitrogens with zero attached hydrogens (tertiary/aromatic N) is 2. The van der Waals surface area contributed by atoms with Crippen LogP contribution in [0.25, 0.3) is 10.2 Å². The molecule has 1 aliphatic carbocycles. The van der Waals surface area contributed by atoms with Gasteiger partial charge in [0.2, 0.25) is 0 Å². The summed E-state index contributed by atoms with van der Waals surface area (Å²) in [7, 11) is 0. The Bertz CT molecular complexity index is 878. The highest BCUT2D eigenvalue weighted by molar-refractivity contribution is 7.12. The second kappa shape index (κ2) is 6.32. The van der Waals surface area contributed by atoms with E-state index < -0.39 is 0 Å². The molecule has 1 aliphatic rings. The van der Waals surface area contributed by atoms with Gasteiger partial charge in [-0.05, 0) is 60.8 Å². The number of fused-ring (bicyclic) bond motifs is 2. The first-order valence-electron chi connectivity index (χ1n) is 8.28. The Hall–Kier alpha value is -2.27. The Kier molecular flexibility index (Phi) is 4.02. The lowest BCUT2D eigenvalue weighted by atomic mass is 10.0. The smallest absolute Gasteiger partial charge is 0.252 e. The zero-order valence-corrected chi connectivity index (χ0v) is 14.4. The number of aryl methyl sites for hydroxylation is 1. The van der Waals surface area contributed by atoms with E-state index in [0.717, 1.165) is 35.2 Å². The minimum Gasteiger partial charge on any atom is -0.352 e. The topological polar surface area (TPSA) is 54.9 Å². The minimum absolute atomic E-state index is 0.0505. The van der Waals surface area contributed by atoms with Gasteiger partial charge in [-0.15, -0.1) is 0 Å². The molecule has 2 heterocycles. The van der Waals surface area contributed by atoms with Crippen molar-refractivity contribution in [2.75, 3.05) is 6.54 Å². The fourth-order valence-corrected chi connectivity index (χ4v) is 4.14. The molecule has 5 heteroatoms. The Morgan fingerprint density at radius 1 is 1.29 bits per heavy atom. The summed E-state index contributed by atoms with van der Waals surface area (Å²) in [5.74, 6) is 0.581. The lowest BCUT2D eigenvalue weighted by Crippen LogP contribution is -2.26. The number of pyridine rings is 1. The van der Waals surface area contributed by atoms with E-state index in [1.807, 2.05) is 13.0 Å². The second-order valence-electron chi connectivity index (χ2n) is 6.43. The quantitative estimate of drug-likeness (QED) is 0.792. The van der Waals surface area contributed by atoms with Gasteiger partial charge in [-0.2, -0.15) is 4.37 Å². The molecule has 0 fully saturated rings. The summed E-state index contributed by atoms with van der Waals surface area (Å²) in [6, 6.07) is 10.5. The molecule has 2 aromatic heterocycles. The molecule has 122 valence electrons. The normalized spacial score (nSPS) is 14.0. The van der Waals surface area contributed by atoms with Gasteiger partial charge in [0.05, 0.1) is 11.3 Å². The van der Waals surface area contributed by atoms with Crippen LogP contribution in [0.15, 0.2) is 36.5 Å². The van der Waals surface area contributed by atoms with E-state index in [9.17, 15) is 4.79 Å². The molecule has 1 N–H and O–H groups in total. The van der Waals surface area contributed by atoms with E-state index in [4.69, 9.17) is 0 Å². The fraction of sp³-hybridized carbons (Fsp3) is 0.316. The molecule has 3 aromatic rings. The molecule has 0 radical (unpaired) electrons. The van der Waals surface area contributed by atoms with Gasteiger partial charge in [0.25, 0.3) is 5.91 Å². The van der Waals surface area contributed by atoms with E-state index in [1.165, 1.54) is 22.7 Å². The first kappa shape index (κ1) is 15.3. The Balaban J connectivity index is 1.34. The maximum absolute atomic E-state index is 12.3. The van der Waals surface area contributed by atoms with Gasteiger partial charge >= 0.3 is 0 Å². The fourth-order valence-electron chi connectivity index (χ4n) is 3.42. The van der Waals surface area contributed by atoms with Gasteiger partial charge in [-0.1, -0.05) is 24.3 Å². The van der Waals surface area contributed by atoms with Crippen molar-refractivity contribution in [2.24, 2.45) is 5.92 Å². The molecule has 0 saturated heterocycles. The first-order valence-corrected chi connectivity index (χ1v) is 9.05. The predicted molar refractivity (Wildman–Crippen MR) is 96.4 cm³/mol. The molecule has 0 unspecified atom stereocenters. The lowest BCUT2D eigenvalue weighted by Gasteiger charge is -2.10. The second-order valence-corrected chi connectivity index (χ2v) is 7.18. The van der Waals surface area contributed by atoms with Crippen molar-refractivity contribution in [3.05, 3.63) is 58.9 Å². The van der Waals surface area contributed by atoms with Crippen LogP contribution in [0.3, 0.4) is 0 Å². The van der Waals surface area contributed by atoms with Crippen LogP contribution in [-0.2, 0) is 12.8 Å². The number of amides is 1. The molecule has 1 aromatic carbocycles. The summed E-state index contributed by atoms with van der Waals surface area (Å²) in [4.78, 5) is 17.6. The Labute approximate surface area is 145 Å². The number of nitrogens with one attached hydrogen (secondary N) is 1. The summed E-state index contributed by atoms with van der Waals surface area (Å²) >= 11 is 1.37. The van der Waals surface area contributed by atoms with Crippen LogP contribution in [0, 0.1) is 12.8 Å². The van der Waals surface area contributed by atoms with Crippen molar-refractivity contribution in [3.63, 3.8) is 0 Å². The van der Waals surface area contributed by atoms with Gasteiger partial charge in [0.15, 0.2) is 0 Å². The molecule has 0 bridgehead atoms. The first-order chi connectivity index (χ1) is 11.7. The molecule has 0 saturated carbocycles. The van der Waals surface area contributed by atoms with Crippen LogP contribution in [-0.4, -0.2) is 21.8 Å². The van der Waals surface area contributed by atoms with E-state index in [0.29, 0.717) is 18.0 Å². The molecule has 4 nitrogen and oxygen atoms in total. The third kappa shape index (κ3) is 2.91. The van der Waals surface area contributed by atoms with Crippen molar-refractivity contribution < 1.29 is 4.79 Å². The highest BCUT2D eigenvalue weighted by Gasteiger charge is 2.20. The zero-order chi connectivity index (χ0) is 16.5. The van der Waals surface area contributed by atoms with Crippen LogP contribution >= 0.6 is 11.5 Å². The van der Waals surface area contributed by atoms with Crippen LogP contribution in [0.2, 0.25) is 0 Å². The van der Waals surface area contributed by atoms with E-state index >= 15 is 0 Å². The summed E-state index contributed by atoms with van der Waals surface area (Å²) < 4.78 is 4.28. The highest BCUT2D eigenvalue weighted by Crippen LogP contribution is 2.28. The van der Waals surface area contributed by atoms with Gasteiger partial charge < -0.3 is 5.32 Å². The highest BCUT2D eigenvalue weighted by atomic mass is 32.1. The molecule has 0 aliphatic heterocycles. The number of carbonyl (C=O) groups is 1. The summed E-state index contributed by atoms with van der Waals surface area (Å²) in [6.07, 6.45) is 4.90. The number of hydrogen-bond acceptors (Lipinski definition) is 4. The number of hydrogen-bond donors (Lipinski definition) is 1. The summed E-state index contributed by atoms with van der Waals surface area (Å²) in [5, 5.41) is 4.00. The molecule has 0 atom stereocenters. The zero-order valence-electron chi connectivity index (χ0n) is 13.6.